The molecule has 102 valence electrons. The lowest BCUT2D eigenvalue weighted by molar-refractivity contribution is 0.0900. The number of fused-ring (bicyclic) bond motifs is 2. The van der Waals surface area contributed by atoms with E-state index in [9.17, 15) is 9.18 Å². The Morgan fingerprint density at radius 2 is 2.37 bits per heavy atom. The average Bonchev–Trinajstić information content (AvgIpc) is 2.68. The molecule has 1 aromatic heterocycles. The van der Waals surface area contributed by atoms with Gasteiger partial charge >= 0.3 is 0 Å². The number of hydrogen-bond donors (Lipinski definition) is 1. The molecule has 2 aliphatic rings. The second-order valence-electron chi connectivity index (χ2n) is 5.30. The van der Waals surface area contributed by atoms with Gasteiger partial charge in [0.05, 0.1) is 5.02 Å². The highest BCUT2D eigenvalue weighted by Crippen LogP contribution is 2.26. The fourth-order valence-electron chi connectivity index (χ4n) is 3.00. The Labute approximate surface area is 115 Å². The van der Waals surface area contributed by atoms with Crippen molar-refractivity contribution < 1.29 is 9.18 Å². The van der Waals surface area contributed by atoms with Gasteiger partial charge in [-0.15, -0.1) is 0 Å². The molecule has 1 aromatic rings. The Morgan fingerprint density at radius 3 is 3.11 bits per heavy atom. The summed E-state index contributed by atoms with van der Waals surface area (Å²) in [6, 6.07) is 1.20. The maximum absolute atomic E-state index is 13.6. The molecule has 4 nitrogen and oxygen atoms in total. The summed E-state index contributed by atoms with van der Waals surface area (Å²) in [5.74, 6) is -0.479. The summed E-state index contributed by atoms with van der Waals surface area (Å²) in [7, 11) is 0. The fourth-order valence-corrected chi connectivity index (χ4v) is 3.14. The SMILES string of the molecule is O=C(N[C@@H]1C[C@@H]2CCN(C2)C1)c1ncc(Cl)cc1F. The maximum atomic E-state index is 13.6. The van der Waals surface area contributed by atoms with Crippen LogP contribution in [0.2, 0.25) is 5.02 Å². The van der Waals surface area contributed by atoms with Gasteiger partial charge in [-0.25, -0.2) is 9.37 Å². The third-order valence-corrected chi connectivity index (χ3v) is 4.03. The molecule has 2 saturated heterocycles. The van der Waals surface area contributed by atoms with E-state index in [0.717, 1.165) is 32.1 Å². The summed E-state index contributed by atoms with van der Waals surface area (Å²) < 4.78 is 13.6. The second kappa shape index (κ2) is 5.06. The van der Waals surface area contributed by atoms with Crippen molar-refractivity contribution in [3.63, 3.8) is 0 Å². The summed E-state index contributed by atoms with van der Waals surface area (Å²) in [6.07, 6.45) is 3.45. The zero-order chi connectivity index (χ0) is 13.4. The van der Waals surface area contributed by atoms with Crippen molar-refractivity contribution >= 4 is 17.5 Å². The third-order valence-electron chi connectivity index (χ3n) is 3.82. The molecule has 2 bridgehead atoms. The van der Waals surface area contributed by atoms with E-state index in [-0.39, 0.29) is 16.8 Å². The molecule has 2 fully saturated rings. The van der Waals surface area contributed by atoms with Crippen LogP contribution in [0.3, 0.4) is 0 Å². The lowest BCUT2D eigenvalue weighted by atomic mass is 9.97. The Kier molecular flexibility index (Phi) is 3.41. The van der Waals surface area contributed by atoms with E-state index in [1.807, 2.05) is 0 Å². The van der Waals surface area contributed by atoms with Crippen LogP contribution < -0.4 is 5.32 Å². The van der Waals surface area contributed by atoms with Crippen LogP contribution in [0.5, 0.6) is 0 Å². The molecule has 3 rings (SSSR count). The Morgan fingerprint density at radius 1 is 1.53 bits per heavy atom. The van der Waals surface area contributed by atoms with Crippen LogP contribution in [-0.4, -0.2) is 41.5 Å². The van der Waals surface area contributed by atoms with E-state index in [1.54, 1.807) is 0 Å². The zero-order valence-corrected chi connectivity index (χ0v) is 11.2. The van der Waals surface area contributed by atoms with Crippen LogP contribution in [0.1, 0.15) is 23.3 Å². The predicted octanol–water partition coefficient (Wildman–Crippen LogP) is 1.70. The molecular formula is C13H15ClFN3O. The van der Waals surface area contributed by atoms with Crippen LogP contribution in [0.25, 0.3) is 0 Å². The number of pyridine rings is 1. The van der Waals surface area contributed by atoms with Crippen molar-refractivity contribution in [2.75, 3.05) is 19.6 Å². The first kappa shape index (κ1) is 12.8. The van der Waals surface area contributed by atoms with E-state index in [2.05, 4.69) is 15.2 Å². The minimum atomic E-state index is -0.677. The lowest BCUT2D eigenvalue weighted by Gasteiger charge is -2.30. The van der Waals surface area contributed by atoms with Crippen molar-refractivity contribution in [2.45, 2.75) is 18.9 Å². The number of carbonyl (C=O) groups excluding carboxylic acids is 1. The number of hydrogen-bond acceptors (Lipinski definition) is 3. The molecule has 3 heterocycles. The van der Waals surface area contributed by atoms with E-state index in [1.165, 1.54) is 12.6 Å². The van der Waals surface area contributed by atoms with Crippen LogP contribution in [-0.2, 0) is 0 Å². The molecule has 1 unspecified atom stereocenters. The van der Waals surface area contributed by atoms with Crippen LogP contribution >= 0.6 is 11.6 Å². The standard InChI is InChI=1S/C13H15ClFN3O/c14-9-4-11(15)12(16-5-9)13(19)17-10-3-8-1-2-18(6-8)7-10/h4-5,8,10H,1-3,6-7H2,(H,17,19)/t8-,10+/m0/s1. The minimum Gasteiger partial charge on any atom is -0.347 e. The molecule has 0 saturated carbocycles. The molecule has 3 atom stereocenters. The molecule has 1 N–H and O–H groups in total. The largest absolute Gasteiger partial charge is 0.347 e. The number of aromatic nitrogens is 1. The van der Waals surface area contributed by atoms with Crippen LogP contribution in [0.4, 0.5) is 4.39 Å². The monoisotopic (exact) mass is 283 g/mol. The van der Waals surface area contributed by atoms with Gasteiger partial charge in [-0.2, -0.15) is 0 Å². The Bertz CT molecular complexity index is 499. The van der Waals surface area contributed by atoms with E-state index in [0.29, 0.717) is 5.92 Å². The second-order valence-corrected chi connectivity index (χ2v) is 5.74. The number of nitrogens with zero attached hydrogens (tertiary/aromatic N) is 2. The molecule has 0 aromatic carbocycles. The van der Waals surface area contributed by atoms with Crippen molar-refractivity contribution in [2.24, 2.45) is 5.92 Å². The highest BCUT2D eigenvalue weighted by Gasteiger charge is 2.33. The number of nitrogens with one attached hydrogen (secondary N) is 1. The molecule has 2 aliphatic heterocycles. The first-order valence-corrected chi connectivity index (χ1v) is 6.84. The van der Waals surface area contributed by atoms with E-state index in [4.69, 9.17) is 11.6 Å². The summed E-state index contributed by atoms with van der Waals surface area (Å²) in [6.45, 7) is 3.07. The molecule has 0 spiro atoms. The van der Waals surface area contributed by atoms with Gasteiger partial charge in [0.15, 0.2) is 11.5 Å². The normalized spacial score (nSPS) is 29.3. The first-order valence-electron chi connectivity index (χ1n) is 6.46. The molecule has 6 heteroatoms. The Hall–Kier alpha value is -1.20. The fraction of sp³-hybridized carbons (Fsp3) is 0.538. The van der Waals surface area contributed by atoms with Gasteiger partial charge in [0.1, 0.15) is 0 Å². The van der Waals surface area contributed by atoms with Gasteiger partial charge in [0, 0.05) is 25.3 Å². The van der Waals surface area contributed by atoms with Gasteiger partial charge in [0.2, 0.25) is 0 Å². The van der Waals surface area contributed by atoms with E-state index < -0.39 is 11.7 Å². The maximum Gasteiger partial charge on any atom is 0.273 e. The van der Waals surface area contributed by atoms with Gasteiger partial charge in [-0.3, -0.25) is 4.79 Å². The van der Waals surface area contributed by atoms with Gasteiger partial charge in [-0.05, 0) is 31.4 Å². The number of rotatable bonds is 2. The number of halogens is 2. The smallest absolute Gasteiger partial charge is 0.273 e. The summed E-state index contributed by atoms with van der Waals surface area (Å²) >= 11 is 5.62. The highest BCUT2D eigenvalue weighted by atomic mass is 35.5. The molecule has 0 radical (unpaired) electrons. The molecular weight excluding hydrogens is 269 g/mol. The molecule has 1 amide bonds. The Balaban J connectivity index is 1.68. The summed E-state index contributed by atoms with van der Waals surface area (Å²) in [5.41, 5.74) is -0.183. The van der Waals surface area contributed by atoms with Crippen molar-refractivity contribution in [3.8, 4) is 0 Å². The first-order chi connectivity index (χ1) is 9.11. The van der Waals surface area contributed by atoms with Crippen LogP contribution in [0, 0.1) is 11.7 Å². The molecule has 0 aliphatic carbocycles. The predicted molar refractivity (Wildman–Crippen MR) is 69.6 cm³/mol. The zero-order valence-electron chi connectivity index (χ0n) is 10.4. The number of amides is 1. The quantitative estimate of drug-likeness (QED) is 0.898. The molecule has 19 heavy (non-hydrogen) atoms. The minimum absolute atomic E-state index is 0.0885. The topological polar surface area (TPSA) is 45.2 Å². The van der Waals surface area contributed by atoms with Crippen LogP contribution in [0.15, 0.2) is 12.3 Å². The van der Waals surface area contributed by atoms with Crippen molar-refractivity contribution in [3.05, 3.63) is 28.8 Å². The van der Waals surface area contributed by atoms with Gasteiger partial charge < -0.3 is 10.2 Å². The highest BCUT2D eigenvalue weighted by molar-refractivity contribution is 6.30. The number of piperidine rings is 1. The van der Waals surface area contributed by atoms with Crippen molar-refractivity contribution in [1.29, 1.82) is 0 Å². The van der Waals surface area contributed by atoms with Crippen molar-refractivity contribution in [1.82, 2.24) is 15.2 Å². The average molecular weight is 284 g/mol. The summed E-state index contributed by atoms with van der Waals surface area (Å²) in [5, 5.41) is 3.06. The van der Waals surface area contributed by atoms with Gasteiger partial charge in [-0.1, -0.05) is 11.6 Å². The van der Waals surface area contributed by atoms with Gasteiger partial charge in [0.25, 0.3) is 5.91 Å². The number of carbonyl (C=O) groups is 1. The van der Waals surface area contributed by atoms with E-state index >= 15 is 0 Å². The summed E-state index contributed by atoms with van der Waals surface area (Å²) in [4.78, 5) is 18.1. The lowest BCUT2D eigenvalue weighted by Crippen LogP contribution is -2.47. The third kappa shape index (κ3) is 2.72.